The molecule has 0 unspecified atom stereocenters. The van der Waals surface area contributed by atoms with Crippen LogP contribution in [0.1, 0.15) is 11.1 Å². The van der Waals surface area contributed by atoms with Crippen LogP contribution < -0.4 is 5.73 Å². The van der Waals surface area contributed by atoms with E-state index in [0.717, 1.165) is 5.03 Å². The van der Waals surface area contributed by atoms with Gasteiger partial charge in [0.05, 0.1) is 0 Å². The van der Waals surface area contributed by atoms with Crippen molar-refractivity contribution >= 4 is 29.3 Å². The van der Waals surface area contributed by atoms with Crippen LogP contribution in [0.4, 0.5) is 5.82 Å². The molecule has 0 saturated carbocycles. The number of rotatable bonds is 3. The van der Waals surface area contributed by atoms with Gasteiger partial charge in [-0.05, 0) is 31.7 Å². The molecular formula is C13H15N3S2. The van der Waals surface area contributed by atoms with Gasteiger partial charge in [0.15, 0.2) is 5.16 Å². The fourth-order valence-corrected chi connectivity index (χ4v) is 2.93. The van der Waals surface area contributed by atoms with Crippen LogP contribution in [-0.2, 0) is 0 Å². The van der Waals surface area contributed by atoms with Crippen molar-refractivity contribution in [3.8, 4) is 0 Å². The molecule has 0 spiro atoms. The van der Waals surface area contributed by atoms with Crippen LogP contribution in [0.5, 0.6) is 0 Å². The highest BCUT2D eigenvalue weighted by atomic mass is 32.2. The van der Waals surface area contributed by atoms with Crippen molar-refractivity contribution in [1.82, 2.24) is 9.97 Å². The molecule has 5 heteroatoms. The summed E-state index contributed by atoms with van der Waals surface area (Å²) < 4.78 is 0. The third-order valence-corrected chi connectivity index (χ3v) is 4.07. The summed E-state index contributed by atoms with van der Waals surface area (Å²) in [5, 5.41) is 1.60. The molecule has 0 aliphatic rings. The fourth-order valence-electron chi connectivity index (χ4n) is 1.59. The molecule has 1 aromatic heterocycles. The summed E-state index contributed by atoms with van der Waals surface area (Å²) in [6.07, 6.45) is 1.94. The summed E-state index contributed by atoms with van der Waals surface area (Å²) in [5.41, 5.74) is 8.29. The van der Waals surface area contributed by atoms with E-state index in [2.05, 4.69) is 42.0 Å². The van der Waals surface area contributed by atoms with Crippen LogP contribution in [0, 0.1) is 13.8 Å². The molecule has 3 nitrogen and oxygen atoms in total. The molecule has 0 saturated heterocycles. The summed E-state index contributed by atoms with van der Waals surface area (Å²) >= 11 is 3.12. The van der Waals surface area contributed by atoms with E-state index < -0.39 is 0 Å². The van der Waals surface area contributed by atoms with Crippen LogP contribution in [0.25, 0.3) is 0 Å². The smallest absolute Gasteiger partial charge is 0.190 e. The highest BCUT2D eigenvalue weighted by Gasteiger charge is 2.06. The minimum Gasteiger partial charge on any atom is -0.384 e. The van der Waals surface area contributed by atoms with E-state index in [9.17, 15) is 0 Å². The van der Waals surface area contributed by atoms with Gasteiger partial charge in [-0.3, -0.25) is 0 Å². The zero-order valence-electron chi connectivity index (χ0n) is 10.6. The van der Waals surface area contributed by atoms with E-state index in [-0.39, 0.29) is 0 Å². The first kappa shape index (κ1) is 13.2. The minimum absolute atomic E-state index is 0.515. The van der Waals surface area contributed by atoms with E-state index in [0.29, 0.717) is 11.0 Å². The van der Waals surface area contributed by atoms with Gasteiger partial charge in [-0.2, -0.15) is 0 Å². The van der Waals surface area contributed by atoms with Gasteiger partial charge in [0.1, 0.15) is 10.8 Å². The number of aryl methyl sites for hydroxylation is 2. The van der Waals surface area contributed by atoms with Crippen molar-refractivity contribution in [1.29, 1.82) is 0 Å². The molecule has 94 valence electrons. The highest BCUT2D eigenvalue weighted by Crippen LogP contribution is 2.30. The molecule has 2 rings (SSSR count). The number of aromatic nitrogens is 2. The average Bonchev–Trinajstić information content (AvgIpc) is 2.32. The van der Waals surface area contributed by atoms with Crippen LogP contribution in [0.15, 0.2) is 39.3 Å². The number of nitrogen functional groups attached to an aromatic ring is 1. The molecule has 1 aromatic carbocycles. The second-order valence-corrected chi connectivity index (χ2v) is 5.82. The molecule has 0 fully saturated rings. The predicted molar refractivity (Wildman–Crippen MR) is 78.3 cm³/mol. The zero-order chi connectivity index (χ0) is 13.1. The normalized spacial score (nSPS) is 10.6. The number of anilines is 1. The Bertz CT molecular complexity index is 570. The maximum absolute atomic E-state index is 5.77. The Balaban J connectivity index is 2.30. The maximum atomic E-state index is 5.77. The second kappa shape index (κ2) is 5.63. The SMILES string of the molecule is CSc1nc(N)cc(Sc2ccc(C)cc2C)n1. The van der Waals surface area contributed by atoms with Crippen LogP contribution in [0.3, 0.4) is 0 Å². The van der Waals surface area contributed by atoms with Crippen molar-refractivity contribution in [2.45, 2.75) is 28.9 Å². The van der Waals surface area contributed by atoms with Gasteiger partial charge in [-0.15, -0.1) is 0 Å². The molecular weight excluding hydrogens is 262 g/mol. The Morgan fingerprint density at radius 2 is 1.89 bits per heavy atom. The highest BCUT2D eigenvalue weighted by molar-refractivity contribution is 7.99. The van der Waals surface area contributed by atoms with Gasteiger partial charge >= 0.3 is 0 Å². The number of hydrogen-bond acceptors (Lipinski definition) is 5. The van der Waals surface area contributed by atoms with E-state index >= 15 is 0 Å². The Labute approximate surface area is 116 Å². The Kier molecular flexibility index (Phi) is 4.14. The van der Waals surface area contributed by atoms with Crippen LogP contribution >= 0.6 is 23.5 Å². The largest absolute Gasteiger partial charge is 0.384 e. The first-order chi connectivity index (χ1) is 8.58. The lowest BCUT2D eigenvalue weighted by Gasteiger charge is -2.07. The van der Waals surface area contributed by atoms with Crippen molar-refractivity contribution in [3.05, 3.63) is 35.4 Å². The van der Waals surface area contributed by atoms with E-state index in [1.54, 1.807) is 11.8 Å². The molecule has 2 N–H and O–H groups in total. The first-order valence-electron chi connectivity index (χ1n) is 5.52. The van der Waals surface area contributed by atoms with Crippen molar-refractivity contribution in [3.63, 3.8) is 0 Å². The quantitative estimate of drug-likeness (QED) is 0.528. The Hall–Kier alpha value is -1.20. The van der Waals surface area contributed by atoms with Gasteiger partial charge < -0.3 is 5.73 Å². The summed E-state index contributed by atoms with van der Waals surface area (Å²) in [7, 11) is 0. The molecule has 2 aromatic rings. The van der Waals surface area contributed by atoms with Crippen molar-refractivity contribution in [2.75, 3.05) is 12.0 Å². The summed E-state index contributed by atoms with van der Waals surface area (Å²) in [5.74, 6) is 0.515. The minimum atomic E-state index is 0.515. The van der Waals surface area contributed by atoms with E-state index in [1.165, 1.54) is 27.8 Å². The lowest BCUT2D eigenvalue weighted by molar-refractivity contribution is 0.901. The van der Waals surface area contributed by atoms with Gasteiger partial charge in [0, 0.05) is 11.0 Å². The van der Waals surface area contributed by atoms with Crippen LogP contribution in [0.2, 0.25) is 0 Å². The Morgan fingerprint density at radius 3 is 2.56 bits per heavy atom. The molecule has 0 atom stereocenters. The van der Waals surface area contributed by atoms with E-state index in [1.807, 2.05) is 12.3 Å². The summed E-state index contributed by atoms with van der Waals surface area (Å²) in [4.78, 5) is 9.79. The Morgan fingerprint density at radius 1 is 1.11 bits per heavy atom. The zero-order valence-corrected chi connectivity index (χ0v) is 12.2. The monoisotopic (exact) mass is 277 g/mol. The van der Waals surface area contributed by atoms with Crippen molar-refractivity contribution in [2.24, 2.45) is 0 Å². The number of nitrogens with zero attached hydrogens (tertiary/aromatic N) is 2. The first-order valence-corrected chi connectivity index (χ1v) is 7.56. The van der Waals surface area contributed by atoms with Gasteiger partial charge in [0.2, 0.25) is 0 Å². The molecule has 0 aliphatic heterocycles. The molecule has 18 heavy (non-hydrogen) atoms. The fraction of sp³-hybridized carbons (Fsp3) is 0.231. The topological polar surface area (TPSA) is 51.8 Å². The molecule has 0 amide bonds. The number of benzene rings is 1. The average molecular weight is 277 g/mol. The number of thioether (sulfide) groups is 1. The number of nitrogens with two attached hydrogens (primary N) is 1. The molecule has 0 radical (unpaired) electrons. The molecule has 0 bridgehead atoms. The third-order valence-electron chi connectivity index (χ3n) is 2.43. The standard InChI is InChI=1S/C13H15N3S2/c1-8-4-5-10(9(2)6-8)18-12-7-11(14)15-13(16-12)17-3/h4-7H,1-3H3,(H2,14,15,16). The summed E-state index contributed by atoms with van der Waals surface area (Å²) in [6, 6.07) is 8.20. The third kappa shape index (κ3) is 3.17. The van der Waals surface area contributed by atoms with Gasteiger partial charge in [-0.25, -0.2) is 9.97 Å². The van der Waals surface area contributed by atoms with Gasteiger partial charge in [0.25, 0.3) is 0 Å². The van der Waals surface area contributed by atoms with Crippen LogP contribution in [-0.4, -0.2) is 16.2 Å². The number of hydrogen-bond donors (Lipinski definition) is 1. The maximum Gasteiger partial charge on any atom is 0.190 e. The summed E-state index contributed by atoms with van der Waals surface area (Å²) in [6.45, 7) is 4.20. The second-order valence-electron chi connectivity index (χ2n) is 3.99. The lowest BCUT2D eigenvalue weighted by Crippen LogP contribution is -1.95. The predicted octanol–water partition coefficient (Wildman–Crippen LogP) is 3.55. The lowest BCUT2D eigenvalue weighted by atomic mass is 10.2. The molecule has 1 heterocycles. The van der Waals surface area contributed by atoms with Gasteiger partial charge in [-0.1, -0.05) is 41.2 Å². The van der Waals surface area contributed by atoms with E-state index in [4.69, 9.17) is 5.73 Å². The molecule has 0 aliphatic carbocycles. The van der Waals surface area contributed by atoms with Crippen molar-refractivity contribution < 1.29 is 0 Å².